The number of carbonyl (C=O) groups excluding carboxylic acids is 1. The molecular weight excluding hydrogens is 230 g/mol. The Labute approximate surface area is 107 Å². The molecule has 1 atom stereocenters. The third-order valence-corrected chi connectivity index (χ3v) is 3.27. The van der Waals surface area contributed by atoms with Crippen LogP contribution in [0.25, 0.3) is 0 Å². The van der Waals surface area contributed by atoms with E-state index in [1.807, 2.05) is 18.3 Å². The van der Waals surface area contributed by atoms with Crippen molar-refractivity contribution in [3.05, 3.63) is 24.0 Å². The van der Waals surface area contributed by atoms with Gasteiger partial charge in [0.25, 0.3) is 5.91 Å². The first kappa shape index (κ1) is 13.1. The van der Waals surface area contributed by atoms with Crippen LogP contribution >= 0.6 is 0 Å². The summed E-state index contributed by atoms with van der Waals surface area (Å²) in [6, 6.07) is 4.13. The highest BCUT2D eigenvalue weighted by Gasteiger charge is 2.19. The van der Waals surface area contributed by atoms with Crippen LogP contribution in [0.1, 0.15) is 36.3 Å². The lowest BCUT2D eigenvalue weighted by atomic mass is 10.1. The van der Waals surface area contributed by atoms with Gasteiger partial charge < -0.3 is 20.3 Å². The number of piperidine rings is 1. The average Bonchev–Trinajstić information content (AvgIpc) is 2.86. The standard InChI is InChI=1S/C13H21N3O2/c1-10(17)9-15-13(18)12-3-2-8-16(12)11-4-6-14-7-5-11/h2-3,8,10-11,14,17H,4-7,9H2,1H3,(H,15,18). The van der Waals surface area contributed by atoms with Crippen LogP contribution in [0.2, 0.25) is 0 Å². The number of nitrogens with zero attached hydrogens (tertiary/aromatic N) is 1. The van der Waals surface area contributed by atoms with Crippen molar-refractivity contribution in [1.82, 2.24) is 15.2 Å². The summed E-state index contributed by atoms with van der Waals surface area (Å²) in [5.74, 6) is -0.112. The molecule has 5 nitrogen and oxygen atoms in total. The normalized spacial score (nSPS) is 18.6. The Hall–Kier alpha value is -1.33. The molecule has 1 aliphatic heterocycles. The number of nitrogens with one attached hydrogen (secondary N) is 2. The van der Waals surface area contributed by atoms with Gasteiger partial charge in [0.05, 0.1) is 6.10 Å². The molecule has 1 saturated heterocycles. The zero-order valence-corrected chi connectivity index (χ0v) is 10.7. The molecule has 2 rings (SSSR count). The van der Waals surface area contributed by atoms with Crippen molar-refractivity contribution in [2.75, 3.05) is 19.6 Å². The number of rotatable bonds is 4. The molecular formula is C13H21N3O2. The van der Waals surface area contributed by atoms with E-state index in [1.54, 1.807) is 6.92 Å². The zero-order valence-electron chi connectivity index (χ0n) is 10.7. The van der Waals surface area contributed by atoms with Crippen LogP contribution < -0.4 is 10.6 Å². The highest BCUT2D eigenvalue weighted by Crippen LogP contribution is 2.21. The van der Waals surface area contributed by atoms with Gasteiger partial charge in [-0.25, -0.2) is 0 Å². The number of amides is 1. The first-order chi connectivity index (χ1) is 8.68. The maximum absolute atomic E-state index is 12.0. The van der Waals surface area contributed by atoms with E-state index in [1.165, 1.54) is 0 Å². The van der Waals surface area contributed by atoms with Crippen molar-refractivity contribution in [3.8, 4) is 0 Å². The molecule has 100 valence electrons. The number of aliphatic hydroxyl groups is 1. The third-order valence-electron chi connectivity index (χ3n) is 3.27. The van der Waals surface area contributed by atoms with Gasteiger partial charge >= 0.3 is 0 Å². The van der Waals surface area contributed by atoms with E-state index in [4.69, 9.17) is 0 Å². The van der Waals surface area contributed by atoms with Crippen LogP contribution in [0.4, 0.5) is 0 Å². The SMILES string of the molecule is CC(O)CNC(=O)c1cccn1C1CCNCC1. The van der Waals surface area contributed by atoms with Gasteiger partial charge in [-0.3, -0.25) is 4.79 Å². The Kier molecular flexibility index (Phi) is 4.38. The monoisotopic (exact) mass is 251 g/mol. The Morgan fingerprint density at radius 2 is 2.33 bits per heavy atom. The van der Waals surface area contributed by atoms with Gasteiger partial charge in [0, 0.05) is 18.8 Å². The maximum Gasteiger partial charge on any atom is 0.268 e. The maximum atomic E-state index is 12.0. The summed E-state index contributed by atoms with van der Waals surface area (Å²) in [5, 5.41) is 15.2. The molecule has 0 bridgehead atoms. The highest BCUT2D eigenvalue weighted by molar-refractivity contribution is 5.92. The minimum Gasteiger partial charge on any atom is -0.392 e. The summed E-state index contributed by atoms with van der Waals surface area (Å²) in [5.41, 5.74) is 0.683. The van der Waals surface area contributed by atoms with Crippen molar-refractivity contribution in [1.29, 1.82) is 0 Å². The topological polar surface area (TPSA) is 66.3 Å². The molecule has 2 heterocycles. The van der Waals surface area contributed by atoms with E-state index in [-0.39, 0.29) is 12.5 Å². The summed E-state index contributed by atoms with van der Waals surface area (Å²) >= 11 is 0. The summed E-state index contributed by atoms with van der Waals surface area (Å²) in [7, 11) is 0. The van der Waals surface area contributed by atoms with Crippen LogP contribution in [-0.4, -0.2) is 41.3 Å². The predicted octanol–water partition coefficient (Wildman–Crippen LogP) is 0.523. The van der Waals surface area contributed by atoms with Crippen LogP contribution in [0, 0.1) is 0 Å². The van der Waals surface area contributed by atoms with E-state index in [0.29, 0.717) is 11.7 Å². The Morgan fingerprint density at radius 1 is 1.61 bits per heavy atom. The average molecular weight is 251 g/mol. The fourth-order valence-electron chi connectivity index (χ4n) is 2.32. The molecule has 1 aromatic rings. The summed E-state index contributed by atoms with van der Waals surface area (Å²) in [4.78, 5) is 12.0. The van der Waals surface area contributed by atoms with Crippen LogP contribution in [0.3, 0.4) is 0 Å². The first-order valence-corrected chi connectivity index (χ1v) is 6.52. The van der Waals surface area contributed by atoms with E-state index in [0.717, 1.165) is 25.9 Å². The molecule has 0 aromatic carbocycles. The van der Waals surface area contributed by atoms with Gasteiger partial charge in [-0.1, -0.05) is 0 Å². The van der Waals surface area contributed by atoms with Gasteiger partial charge in [-0.05, 0) is 45.0 Å². The van der Waals surface area contributed by atoms with Crippen molar-refractivity contribution in [3.63, 3.8) is 0 Å². The molecule has 1 unspecified atom stereocenters. The van der Waals surface area contributed by atoms with Gasteiger partial charge in [0.2, 0.25) is 0 Å². The van der Waals surface area contributed by atoms with Crippen molar-refractivity contribution >= 4 is 5.91 Å². The quantitative estimate of drug-likeness (QED) is 0.731. The van der Waals surface area contributed by atoms with Crippen LogP contribution in [0.15, 0.2) is 18.3 Å². The Morgan fingerprint density at radius 3 is 3.00 bits per heavy atom. The highest BCUT2D eigenvalue weighted by atomic mass is 16.3. The molecule has 1 amide bonds. The largest absolute Gasteiger partial charge is 0.392 e. The minimum atomic E-state index is -0.517. The number of hydrogen-bond acceptors (Lipinski definition) is 3. The molecule has 0 spiro atoms. The van der Waals surface area contributed by atoms with E-state index in [9.17, 15) is 9.90 Å². The molecule has 1 aliphatic rings. The fourth-order valence-corrected chi connectivity index (χ4v) is 2.32. The van der Waals surface area contributed by atoms with Crippen molar-refractivity contribution in [2.45, 2.75) is 31.9 Å². The Balaban J connectivity index is 2.04. The predicted molar refractivity (Wildman–Crippen MR) is 69.6 cm³/mol. The van der Waals surface area contributed by atoms with E-state index in [2.05, 4.69) is 15.2 Å². The fraction of sp³-hybridized carbons (Fsp3) is 0.615. The number of aromatic nitrogens is 1. The zero-order chi connectivity index (χ0) is 13.0. The molecule has 0 saturated carbocycles. The molecule has 0 aliphatic carbocycles. The second-order valence-corrected chi connectivity index (χ2v) is 4.84. The summed E-state index contributed by atoms with van der Waals surface area (Å²) < 4.78 is 2.05. The molecule has 1 aromatic heterocycles. The van der Waals surface area contributed by atoms with E-state index < -0.39 is 6.10 Å². The second kappa shape index (κ2) is 6.02. The van der Waals surface area contributed by atoms with Gasteiger partial charge in [0.1, 0.15) is 5.69 Å². The van der Waals surface area contributed by atoms with Gasteiger partial charge in [-0.2, -0.15) is 0 Å². The molecule has 18 heavy (non-hydrogen) atoms. The van der Waals surface area contributed by atoms with Crippen LogP contribution in [0.5, 0.6) is 0 Å². The molecule has 3 N–H and O–H groups in total. The number of hydrogen-bond donors (Lipinski definition) is 3. The van der Waals surface area contributed by atoms with E-state index >= 15 is 0 Å². The smallest absolute Gasteiger partial charge is 0.268 e. The molecule has 0 radical (unpaired) electrons. The van der Waals surface area contributed by atoms with Crippen molar-refractivity contribution < 1.29 is 9.90 Å². The minimum absolute atomic E-state index is 0.112. The lowest BCUT2D eigenvalue weighted by Gasteiger charge is -2.26. The van der Waals surface area contributed by atoms with Crippen LogP contribution in [-0.2, 0) is 0 Å². The second-order valence-electron chi connectivity index (χ2n) is 4.84. The summed E-state index contributed by atoms with van der Waals surface area (Å²) in [6.45, 7) is 3.94. The lowest BCUT2D eigenvalue weighted by molar-refractivity contribution is 0.0911. The van der Waals surface area contributed by atoms with Crippen molar-refractivity contribution in [2.24, 2.45) is 0 Å². The molecule has 1 fully saturated rings. The first-order valence-electron chi connectivity index (χ1n) is 6.52. The number of carbonyl (C=O) groups is 1. The molecule has 5 heteroatoms. The van der Waals surface area contributed by atoms with Gasteiger partial charge in [-0.15, -0.1) is 0 Å². The lowest BCUT2D eigenvalue weighted by Crippen LogP contribution is -2.34. The summed E-state index contributed by atoms with van der Waals surface area (Å²) in [6.07, 6.45) is 3.54. The van der Waals surface area contributed by atoms with Gasteiger partial charge in [0.15, 0.2) is 0 Å². The number of aliphatic hydroxyl groups excluding tert-OH is 1. The Bertz CT molecular complexity index is 395. The third kappa shape index (κ3) is 3.11.